The normalized spacial score (nSPS) is 10.3. The number of amides is 1. The number of carbonyl (C=O) groups is 1. The Balaban J connectivity index is 2.25. The third-order valence-electron chi connectivity index (χ3n) is 2.40. The fraction of sp³-hybridized carbons (Fsp3) is 0.154. The lowest BCUT2D eigenvalue weighted by Crippen LogP contribution is -2.14. The lowest BCUT2D eigenvalue weighted by Gasteiger charge is -2.07. The Hall–Kier alpha value is -1.65. The molecule has 0 saturated heterocycles. The van der Waals surface area contributed by atoms with Gasteiger partial charge in [-0.2, -0.15) is 0 Å². The summed E-state index contributed by atoms with van der Waals surface area (Å²) in [6.45, 7) is 3.79. The molecule has 2 aromatic heterocycles. The monoisotopic (exact) mass is 295 g/mol. The standard InChI is InChI=1S/C13H11Cl2N3O/c1-7-5-8(2)16-11(6-7)18-13(19)9-3-4-10(14)17-12(9)15/h3-6H,1-2H3,(H,16,18,19). The van der Waals surface area contributed by atoms with Gasteiger partial charge in [-0.3, -0.25) is 4.79 Å². The highest BCUT2D eigenvalue weighted by molar-refractivity contribution is 6.35. The summed E-state index contributed by atoms with van der Waals surface area (Å²) >= 11 is 11.6. The largest absolute Gasteiger partial charge is 0.306 e. The molecule has 0 atom stereocenters. The number of hydrogen-bond donors (Lipinski definition) is 1. The number of carbonyl (C=O) groups excluding carboxylic acids is 1. The highest BCUT2D eigenvalue weighted by atomic mass is 35.5. The SMILES string of the molecule is Cc1cc(C)nc(NC(=O)c2ccc(Cl)nc2Cl)c1. The Morgan fingerprint density at radius 1 is 1.16 bits per heavy atom. The Morgan fingerprint density at radius 2 is 1.89 bits per heavy atom. The summed E-state index contributed by atoms with van der Waals surface area (Å²) in [7, 11) is 0. The van der Waals surface area contributed by atoms with Gasteiger partial charge in [-0.25, -0.2) is 9.97 Å². The molecule has 0 aromatic carbocycles. The molecular formula is C13H11Cl2N3O. The van der Waals surface area contributed by atoms with Gasteiger partial charge in [0.05, 0.1) is 5.56 Å². The number of anilines is 1. The van der Waals surface area contributed by atoms with Crippen molar-refractivity contribution in [1.29, 1.82) is 0 Å². The third kappa shape index (κ3) is 3.43. The van der Waals surface area contributed by atoms with Gasteiger partial charge >= 0.3 is 0 Å². The van der Waals surface area contributed by atoms with Gasteiger partial charge in [0.1, 0.15) is 16.1 Å². The molecule has 2 heterocycles. The zero-order chi connectivity index (χ0) is 14.0. The lowest BCUT2D eigenvalue weighted by molar-refractivity contribution is 0.102. The van der Waals surface area contributed by atoms with E-state index in [9.17, 15) is 4.79 Å². The van der Waals surface area contributed by atoms with Crippen LogP contribution in [-0.4, -0.2) is 15.9 Å². The first kappa shape index (κ1) is 13.8. The molecular weight excluding hydrogens is 285 g/mol. The summed E-state index contributed by atoms with van der Waals surface area (Å²) in [5.74, 6) is 0.111. The van der Waals surface area contributed by atoms with E-state index in [4.69, 9.17) is 23.2 Å². The summed E-state index contributed by atoms with van der Waals surface area (Å²) in [6, 6.07) is 6.74. The average Bonchev–Trinajstić information content (AvgIpc) is 2.26. The first-order valence-electron chi connectivity index (χ1n) is 5.54. The second-order valence-corrected chi connectivity index (χ2v) is 4.84. The second kappa shape index (κ2) is 5.55. The summed E-state index contributed by atoms with van der Waals surface area (Å²) in [6.07, 6.45) is 0. The molecule has 2 aromatic rings. The number of pyridine rings is 2. The number of nitrogens with one attached hydrogen (secondary N) is 1. The average molecular weight is 296 g/mol. The minimum atomic E-state index is -0.369. The maximum Gasteiger partial charge on any atom is 0.259 e. The first-order chi connectivity index (χ1) is 8.95. The summed E-state index contributed by atoms with van der Waals surface area (Å²) in [5, 5.41) is 2.99. The van der Waals surface area contributed by atoms with Crippen molar-refractivity contribution in [2.24, 2.45) is 0 Å². The van der Waals surface area contributed by atoms with Gasteiger partial charge in [-0.1, -0.05) is 23.2 Å². The predicted molar refractivity (Wildman–Crippen MR) is 75.9 cm³/mol. The van der Waals surface area contributed by atoms with E-state index in [2.05, 4.69) is 15.3 Å². The molecule has 1 amide bonds. The Bertz CT molecular complexity index is 624. The van der Waals surface area contributed by atoms with Crippen molar-refractivity contribution < 1.29 is 4.79 Å². The fourth-order valence-electron chi connectivity index (χ4n) is 1.67. The van der Waals surface area contributed by atoms with E-state index in [0.717, 1.165) is 11.3 Å². The highest BCUT2D eigenvalue weighted by Crippen LogP contribution is 2.18. The van der Waals surface area contributed by atoms with Crippen LogP contribution in [0, 0.1) is 13.8 Å². The maximum absolute atomic E-state index is 12.1. The number of aromatic nitrogens is 2. The van der Waals surface area contributed by atoms with Crippen LogP contribution in [0.25, 0.3) is 0 Å². The van der Waals surface area contributed by atoms with E-state index in [1.807, 2.05) is 19.9 Å². The molecule has 2 rings (SSSR count). The number of halogens is 2. The van der Waals surface area contributed by atoms with Crippen LogP contribution in [0.5, 0.6) is 0 Å². The van der Waals surface area contributed by atoms with E-state index in [0.29, 0.717) is 5.82 Å². The lowest BCUT2D eigenvalue weighted by atomic mass is 10.2. The molecule has 0 bridgehead atoms. The van der Waals surface area contributed by atoms with E-state index in [1.165, 1.54) is 12.1 Å². The van der Waals surface area contributed by atoms with Crippen molar-refractivity contribution in [3.05, 3.63) is 51.4 Å². The summed E-state index contributed by atoms with van der Waals surface area (Å²) < 4.78 is 0. The number of hydrogen-bond acceptors (Lipinski definition) is 3. The van der Waals surface area contributed by atoms with Crippen molar-refractivity contribution in [1.82, 2.24) is 9.97 Å². The third-order valence-corrected chi connectivity index (χ3v) is 2.90. The van der Waals surface area contributed by atoms with Crippen molar-refractivity contribution in [2.45, 2.75) is 13.8 Å². The molecule has 19 heavy (non-hydrogen) atoms. The van der Waals surface area contributed by atoms with Crippen LogP contribution in [0.3, 0.4) is 0 Å². The molecule has 0 aliphatic carbocycles. The number of rotatable bonds is 2. The van der Waals surface area contributed by atoms with Crippen LogP contribution >= 0.6 is 23.2 Å². The molecule has 0 aliphatic rings. The number of aryl methyl sites for hydroxylation is 2. The molecule has 0 spiro atoms. The molecule has 98 valence electrons. The minimum absolute atomic E-state index is 0.0642. The Kier molecular flexibility index (Phi) is 4.02. The molecule has 0 radical (unpaired) electrons. The van der Waals surface area contributed by atoms with Crippen LogP contribution in [-0.2, 0) is 0 Å². The fourth-order valence-corrected chi connectivity index (χ4v) is 2.10. The van der Waals surface area contributed by atoms with Crippen LogP contribution in [0.15, 0.2) is 24.3 Å². The van der Waals surface area contributed by atoms with Crippen molar-refractivity contribution >= 4 is 34.9 Å². The molecule has 0 saturated carbocycles. The van der Waals surface area contributed by atoms with E-state index in [-0.39, 0.29) is 21.8 Å². The van der Waals surface area contributed by atoms with Crippen LogP contribution in [0.2, 0.25) is 10.3 Å². The van der Waals surface area contributed by atoms with Gasteiger partial charge in [0, 0.05) is 5.69 Å². The van der Waals surface area contributed by atoms with Crippen LogP contribution in [0.4, 0.5) is 5.82 Å². The van der Waals surface area contributed by atoms with Gasteiger partial charge in [0.15, 0.2) is 0 Å². The molecule has 6 heteroatoms. The van der Waals surface area contributed by atoms with Gasteiger partial charge in [0.25, 0.3) is 5.91 Å². The van der Waals surface area contributed by atoms with Crippen LogP contribution < -0.4 is 5.32 Å². The van der Waals surface area contributed by atoms with E-state index in [1.54, 1.807) is 6.07 Å². The van der Waals surface area contributed by atoms with Crippen molar-refractivity contribution in [3.63, 3.8) is 0 Å². The molecule has 4 nitrogen and oxygen atoms in total. The van der Waals surface area contributed by atoms with E-state index >= 15 is 0 Å². The highest BCUT2D eigenvalue weighted by Gasteiger charge is 2.13. The van der Waals surface area contributed by atoms with E-state index < -0.39 is 0 Å². The predicted octanol–water partition coefficient (Wildman–Crippen LogP) is 3.65. The zero-order valence-corrected chi connectivity index (χ0v) is 11.9. The zero-order valence-electron chi connectivity index (χ0n) is 10.4. The van der Waals surface area contributed by atoms with Crippen molar-refractivity contribution in [2.75, 3.05) is 5.32 Å². The molecule has 0 unspecified atom stereocenters. The summed E-state index contributed by atoms with van der Waals surface area (Å²) in [4.78, 5) is 20.1. The maximum atomic E-state index is 12.1. The number of nitrogens with zero attached hydrogens (tertiary/aromatic N) is 2. The van der Waals surface area contributed by atoms with Crippen LogP contribution in [0.1, 0.15) is 21.6 Å². The molecule has 0 aliphatic heterocycles. The first-order valence-corrected chi connectivity index (χ1v) is 6.30. The molecule has 1 N–H and O–H groups in total. The van der Waals surface area contributed by atoms with Crippen molar-refractivity contribution in [3.8, 4) is 0 Å². The van der Waals surface area contributed by atoms with Gasteiger partial charge in [-0.15, -0.1) is 0 Å². The minimum Gasteiger partial charge on any atom is -0.306 e. The Morgan fingerprint density at radius 3 is 2.53 bits per heavy atom. The quantitative estimate of drug-likeness (QED) is 0.861. The van der Waals surface area contributed by atoms with Gasteiger partial charge in [0.2, 0.25) is 0 Å². The smallest absolute Gasteiger partial charge is 0.259 e. The van der Waals surface area contributed by atoms with Gasteiger partial charge in [-0.05, 0) is 43.7 Å². The van der Waals surface area contributed by atoms with Gasteiger partial charge < -0.3 is 5.32 Å². The molecule has 0 fully saturated rings. The summed E-state index contributed by atoms with van der Waals surface area (Å²) in [5.41, 5.74) is 2.10. The Labute approximate surface area is 120 Å². The second-order valence-electron chi connectivity index (χ2n) is 4.10. The topological polar surface area (TPSA) is 54.9 Å².